The molecule has 0 aromatic heterocycles. The van der Waals surface area contributed by atoms with E-state index < -0.39 is 18.0 Å². The number of carbonyl (C=O) groups excluding carboxylic acids is 3. The predicted octanol–water partition coefficient (Wildman–Crippen LogP) is 6.08. The molecule has 3 N–H and O–H groups in total. The average Bonchev–Trinajstić information content (AvgIpc) is 3.09. The lowest BCUT2D eigenvalue weighted by Gasteiger charge is -2.24. The number of thioether (sulfide) groups is 1. The molecule has 0 unspecified atom stereocenters. The van der Waals surface area contributed by atoms with E-state index in [1.807, 2.05) is 91.0 Å². The van der Waals surface area contributed by atoms with Gasteiger partial charge in [0.1, 0.15) is 6.61 Å². The van der Waals surface area contributed by atoms with Crippen molar-refractivity contribution in [2.75, 3.05) is 19.0 Å². The number of aliphatic hydroxyl groups is 1. The molecule has 0 radical (unpaired) electrons. The monoisotopic (exact) mass is 656 g/mol. The summed E-state index contributed by atoms with van der Waals surface area (Å²) in [5.41, 5.74) is 3.20. The molecule has 0 saturated heterocycles. The lowest BCUT2D eigenvalue weighted by molar-refractivity contribution is -0.150. The first kappa shape index (κ1) is 37.3. The van der Waals surface area contributed by atoms with Crippen LogP contribution in [0.15, 0.2) is 116 Å². The smallest absolute Gasteiger partial charge is 0.309 e. The van der Waals surface area contributed by atoms with Gasteiger partial charge in [0.2, 0.25) is 11.8 Å². The molecule has 8 heteroatoms. The van der Waals surface area contributed by atoms with Crippen LogP contribution in [0.4, 0.5) is 0 Å². The first-order chi connectivity index (χ1) is 22.9. The van der Waals surface area contributed by atoms with Crippen molar-refractivity contribution in [2.24, 2.45) is 11.8 Å². The Hall–Kier alpha value is -4.14. The molecular formula is C39H48N2O5S. The summed E-state index contributed by atoms with van der Waals surface area (Å²) < 4.78 is 5.86. The van der Waals surface area contributed by atoms with Crippen molar-refractivity contribution in [2.45, 2.75) is 56.4 Å². The zero-order valence-electron chi connectivity index (χ0n) is 27.1. The summed E-state index contributed by atoms with van der Waals surface area (Å²) in [7, 11) is 0. The third kappa shape index (κ3) is 14.4. The Bertz CT molecular complexity index is 1370. The van der Waals surface area contributed by atoms with Crippen molar-refractivity contribution in [3.05, 3.63) is 133 Å². The van der Waals surface area contributed by atoms with E-state index in [4.69, 9.17) is 4.74 Å². The number of carbonyl (C=O) groups is 3. The fourth-order valence-corrected chi connectivity index (χ4v) is 6.23. The number of nitrogens with one attached hydrogen (secondary N) is 2. The second-order valence-electron chi connectivity index (χ2n) is 11.7. The highest BCUT2D eigenvalue weighted by Gasteiger charge is 2.26. The predicted molar refractivity (Wildman–Crippen MR) is 191 cm³/mol. The number of rotatable bonds is 22. The third-order valence-corrected chi connectivity index (χ3v) is 8.92. The van der Waals surface area contributed by atoms with E-state index in [0.29, 0.717) is 37.9 Å². The lowest BCUT2D eigenvalue weighted by Crippen LogP contribution is -2.46. The van der Waals surface area contributed by atoms with E-state index in [-0.39, 0.29) is 43.3 Å². The highest BCUT2D eigenvalue weighted by Crippen LogP contribution is 2.19. The second kappa shape index (κ2) is 21.6. The van der Waals surface area contributed by atoms with Crippen molar-refractivity contribution < 1.29 is 24.2 Å². The molecule has 0 spiro atoms. The number of aliphatic hydroxyl groups excluding tert-OH is 1. The van der Waals surface area contributed by atoms with Gasteiger partial charge in [-0.25, -0.2) is 0 Å². The summed E-state index contributed by atoms with van der Waals surface area (Å²) in [4.78, 5) is 39.9. The third-order valence-electron chi connectivity index (χ3n) is 7.75. The van der Waals surface area contributed by atoms with Crippen molar-refractivity contribution in [1.82, 2.24) is 10.6 Å². The average molecular weight is 657 g/mol. The molecule has 0 aliphatic rings. The largest absolute Gasteiger partial charge is 0.463 e. The summed E-state index contributed by atoms with van der Waals surface area (Å²) in [5.74, 6) is -0.693. The van der Waals surface area contributed by atoms with E-state index in [2.05, 4.69) is 23.8 Å². The van der Waals surface area contributed by atoms with Gasteiger partial charge in [-0.3, -0.25) is 14.4 Å². The van der Waals surface area contributed by atoms with Crippen LogP contribution in [0.5, 0.6) is 0 Å². The minimum absolute atomic E-state index is 0.0163. The Morgan fingerprint density at radius 3 is 1.94 bits per heavy atom. The minimum Gasteiger partial charge on any atom is -0.463 e. The maximum atomic E-state index is 13.6. The van der Waals surface area contributed by atoms with Crippen molar-refractivity contribution in [1.29, 1.82) is 0 Å². The molecule has 0 fully saturated rings. The fourth-order valence-electron chi connectivity index (χ4n) is 5.22. The van der Waals surface area contributed by atoms with Crippen LogP contribution in [0.1, 0.15) is 42.4 Å². The van der Waals surface area contributed by atoms with Crippen LogP contribution in [0, 0.1) is 11.8 Å². The normalized spacial score (nSPS) is 13.4. The SMILES string of the molecule is C=CCC[C@H](Cc1ccccc1)C(=O)OC[C@H](CSCc1ccccc1)NC(=O)[C@H](CC=C)CC(=O)N[C@H](CO)Cc1ccccc1. The molecule has 0 heterocycles. The van der Waals surface area contributed by atoms with Crippen LogP contribution >= 0.6 is 11.8 Å². The van der Waals surface area contributed by atoms with Crippen molar-refractivity contribution in [3.8, 4) is 0 Å². The van der Waals surface area contributed by atoms with Gasteiger partial charge in [-0.1, -0.05) is 103 Å². The number of amides is 2. The Labute approximate surface area is 283 Å². The Balaban J connectivity index is 1.64. The Morgan fingerprint density at radius 2 is 1.36 bits per heavy atom. The summed E-state index contributed by atoms with van der Waals surface area (Å²) in [6.07, 6.45) is 6.00. The lowest BCUT2D eigenvalue weighted by atomic mass is 9.95. The fraction of sp³-hybridized carbons (Fsp3) is 0.359. The molecule has 3 rings (SSSR count). The van der Waals surface area contributed by atoms with E-state index >= 15 is 0 Å². The second-order valence-corrected chi connectivity index (χ2v) is 12.7. The van der Waals surface area contributed by atoms with Crippen molar-refractivity contribution >= 4 is 29.5 Å². The number of ether oxygens (including phenoxy) is 1. The molecule has 0 saturated carbocycles. The molecule has 7 nitrogen and oxygen atoms in total. The molecule has 2 amide bonds. The molecule has 47 heavy (non-hydrogen) atoms. The van der Waals surface area contributed by atoms with Gasteiger partial charge in [0.25, 0.3) is 0 Å². The van der Waals surface area contributed by atoms with E-state index in [1.54, 1.807) is 23.9 Å². The summed E-state index contributed by atoms with van der Waals surface area (Å²) >= 11 is 1.64. The maximum absolute atomic E-state index is 13.6. The molecule has 3 aromatic rings. The molecule has 250 valence electrons. The highest BCUT2D eigenvalue weighted by molar-refractivity contribution is 7.98. The van der Waals surface area contributed by atoms with Gasteiger partial charge < -0.3 is 20.5 Å². The summed E-state index contributed by atoms with van der Waals surface area (Å²) in [6.45, 7) is 7.39. The zero-order valence-corrected chi connectivity index (χ0v) is 27.9. The van der Waals surface area contributed by atoms with Gasteiger partial charge in [0, 0.05) is 17.9 Å². The molecule has 4 atom stereocenters. The van der Waals surface area contributed by atoms with Gasteiger partial charge in [0.15, 0.2) is 0 Å². The first-order valence-corrected chi connectivity index (χ1v) is 17.4. The van der Waals surface area contributed by atoms with Crippen LogP contribution in [0.25, 0.3) is 0 Å². The van der Waals surface area contributed by atoms with E-state index in [0.717, 1.165) is 22.4 Å². The van der Waals surface area contributed by atoms with Gasteiger partial charge in [-0.15, -0.1) is 13.2 Å². The minimum atomic E-state index is -0.667. The van der Waals surface area contributed by atoms with E-state index in [1.165, 1.54) is 0 Å². The quantitative estimate of drug-likeness (QED) is 0.0896. The number of hydrogen-bond donors (Lipinski definition) is 3. The van der Waals surface area contributed by atoms with Crippen LogP contribution in [-0.2, 0) is 37.7 Å². The molecule has 0 aliphatic heterocycles. The van der Waals surface area contributed by atoms with Gasteiger partial charge >= 0.3 is 5.97 Å². The maximum Gasteiger partial charge on any atom is 0.309 e. The van der Waals surface area contributed by atoms with Crippen molar-refractivity contribution in [3.63, 3.8) is 0 Å². The van der Waals surface area contributed by atoms with Crippen LogP contribution in [0.3, 0.4) is 0 Å². The molecule has 0 bridgehead atoms. The molecular weight excluding hydrogens is 609 g/mol. The topological polar surface area (TPSA) is 105 Å². The highest BCUT2D eigenvalue weighted by atomic mass is 32.2. The Morgan fingerprint density at radius 1 is 0.766 bits per heavy atom. The number of esters is 1. The van der Waals surface area contributed by atoms with Crippen LogP contribution < -0.4 is 10.6 Å². The standard InChI is InChI=1S/C39H48N2O5S/c1-3-5-22-34(23-30-16-9-6-10-17-30)39(45)46-27-36(29-47-28-32-20-13-8-14-21-32)41-38(44)33(15-4-2)25-37(43)40-35(26-42)24-31-18-11-7-12-19-31/h3-4,6-14,16-21,33-36,42H,1-2,5,15,22-29H2,(H,40,43)(H,41,44)/t33-,34-,35+,36-/m1/s1. The molecule has 3 aromatic carbocycles. The number of hydrogen-bond acceptors (Lipinski definition) is 6. The summed E-state index contributed by atoms with van der Waals surface area (Å²) in [5, 5.41) is 15.8. The first-order valence-electron chi connectivity index (χ1n) is 16.2. The summed E-state index contributed by atoms with van der Waals surface area (Å²) in [6, 6.07) is 28.6. The van der Waals surface area contributed by atoms with Gasteiger partial charge in [-0.05, 0) is 48.8 Å². The van der Waals surface area contributed by atoms with E-state index in [9.17, 15) is 19.5 Å². The van der Waals surface area contributed by atoms with Crippen LogP contribution in [-0.4, -0.2) is 53.9 Å². The van der Waals surface area contributed by atoms with Crippen LogP contribution in [0.2, 0.25) is 0 Å². The Kier molecular flexibility index (Phi) is 17.2. The van der Waals surface area contributed by atoms with Gasteiger partial charge in [-0.2, -0.15) is 11.8 Å². The van der Waals surface area contributed by atoms with Gasteiger partial charge in [0.05, 0.1) is 30.5 Å². The number of allylic oxidation sites excluding steroid dienone is 2. The zero-order chi connectivity index (χ0) is 33.7. The number of benzene rings is 3. The molecule has 0 aliphatic carbocycles.